The Morgan fingerprint density at radius 2 is 0.871 bits per heavy atom. The zero-order valence-electron chi connectivity index (χ0n) is 21.9. The maximum absolute atomic E-state index is 11.7. The van der Waals surface area contributed by atoms with Crippen LogP contribution in [-0.2, 0) is 4.79 Å². The molecular weight excluding hydrogens is 376 g/mol. The number of unbranched alkanes of at least 4 members (excludes halogenated alkanes) is 1. The van der Waals surface area contributed by atoms with Gasteiger partial charge in [-0.05, 0) is 99.3 Å². The van der Waals surface area contributed by atoms with Crippen LogP contribution in [0.3, 0.4) is 0 Å². The molecule has 31 heavy (non-hydrogen) atoms. The van der Waals surface area contributed by atoms with Crippen LogP contribution in [0.2, 0.25) is 0 Å². The monoisotopic (exact) mass is 426 g/mol. The first-order valence-corrected chi connectivity index (χ1v) is 12.4. The third-order valence-electron chi connectivity index (χ3n) is 5.72. The molecule has 176 valence electrons. The van der Waals surface area contributed by atoms with Gasteiger partial charge in [-0.1, -0.05) is 72.1 Å². The second-order valence-corrected chi connectivity index (χ2v) is 9.80. The highest BCUT2D eigenvalue weighted by molar-refractivity contribution is 5.80. The van der Waals surface area contributed by atoms with Crippen LogP contribution >= 0.6 is 0 Å². The molecule has 0 aromatic carbocycles. The first kappa shape index (κ1) is 29.4. The van der Waals surface area contributed by atoms with Crippen molar-refractivity contribution in [1.29, 1.82) is 0 Å². The quantitative estimate of drug-likeness (QED) is 0.177. The summed E-state index contributed by atoms with van der Waals surface area (Å²) in [4.78, 5) is 11.7. The topological polar surface area (TPSA) is 17.1 Å². The number of ketones is 1. The summed E-state index contributed by atoms with van der Waals surface area (Å²) in [7, 11) is 0. The molecule has 0 aliphatic rings. The first-order chi connectivity index (χ1) is 14.6. The highest BCUT2D eigenvalue weighted by Gasteiger charge is 2.06. The molecule has 0 bridgehead atoms. The van der Waals surface area contributed by atoms with Gasteiger partial charge >= 0.3 is 0 Å². The Hall–Kier alpha value is -1.63. The van der Waals surface area contributed by atoms with Gasteiger partial charge in [-0.3, -0.25) is 4.79 Å². The Bertz CT molecular complexity index is 661. The summed E-state index contributed by atoms with van der Waals surface area (Å²) in [5.74, 6) is 0.534. The number of carbonyl (C=O) groups is 1. The summed E-state index contributed by atoms with van der Waals surface area (Å²) < 4.78 is 0. The molecule has 0 saturated heterocycles. The van der Waals surface area contributed by atoms with Gasteiger partial charge in [-0.2, -0.15) is 0 Å². The average molecular weight is 427 g/mol. The SMILES string of the molecule is CC(C)=CCC/C(C)=C\CC/C=C(\C)CC/C=C(\C)CC/C=C(\C)CCC(=O)C(C)C. The lowest BCUT2D eigenvalue weighted by atomic mass is 10.0. The molecule has 0 atom stereocenters. The zero-order valence-corrected chi connectivity index (χ0v) is 21.9. The minimum atomic E-state index is 0.161. The summed E-state index contributed by atoms with van der Waals surface area (Å²) in [6, 6.07) is 0. The molecule has 0 aliphatic heterocycles. The molecule has 0 aliphatic carbocycles. The molecule has 0 aromatic heterocycles. The van der Waals surface area contributed by atoms with Crippen LogP contribution in [0, 0.1) is 5.92 Å². The fourth-order valence-electron chi connectivity index (χ4n) is 3.36. The van der Waals surface area contributed by atoms with Gasteiger partial charge in [0.1, 0.15) is 5.78 Å². The van der Waals surface area contributed by atoms with E-state index >= 15 is 0 Å². The maximum Gasteiger partial charge on any atom is 0.135 e. The van der Waals surface area contributed by atoms with E-state index in [-0.39, 0.29) is 5.92 Å². The lowest BCUT2D eigenvalue weighted by molar-refractivity contribution is -0.121. The van der Waals surface area contributed by atoms with Gasteiger partial charge in [-0.15, -0.1) is 0 Å². The number of carbonyl (C=O) groups excluding carboxylic acids is 1. The largest absolute Gasteiger partial charge is 0.299 e. The summed E-state index contributed by atoms with van der Waals surface area (Å²) in [5.41, 5.74) is 7.26. The smallest absolute Gasteiger partial charge is 0.135 e. The average Bonchev–Trinajstić information content (AvgIpc) is 2.69. The van der Waals surface area contributed by atoms with Crippen LogP contribution < -0.4 is 0 Å². The molecule has 0 heterocycles. The number of rotatable bonds is 16. The molecule has 0 N–H and O–H groups in total. The molecule has 0 fully saturated rings. The van der Waals surface area contributed by atoms with Gasteiger partial charge in [0.15, 0.2) is 0 Å². The zero-order chi connectivity index (χ0) is 23.6. The van der Waals surface area contributed by atoms with E-state index in [0.717, 1.165) is 44.9 Å². The van der Waals surface area contributed by atoms with Crippen molar-refractivity contribution in [3.05, 3.63) is 58.2 Å². The third-order valence-corrected chi connectivity index (χ3v) is 5.72. The van der Waals surface area contributed by atoms with E-state index in [1.807, 2.05) is 13.8 Å². The Morgan fingerprint density at radius 1 is 0.516 bits per heavy atom. The van der Waals surface area contributed by atoms with Crippen LogP contribution in [0.4, 0.5) is 0 Å². The van der Waals surface area contributed by atoms with Crippen molar-refractivity contribution in [3.63, 3.8) is 0 Å². The molecule has 0 amide bonds. The van der Waals surface area contributed by atoms with E-state index in [1.54, 1.807) is 0 Å². The fraction of sp³-hybridized carbons (Fsp3) is 0.633. The van der Waals surface area contributed by atoms with Gasteiger partial charge in [-0.25, -0.2) is 0 Å². The van der Waals surface area contributed by atoms with Crippen LogP contribution in [0.15, 0.2) is 58.2 Å². The summed E-state index contributed by atoms with van der Waals surface area (Å²) in [5, 5.41) is 0. The first-order valence-electron chi connectivity index (χ1n) is 12.4. The van der Waals surface area contributed by atoms with Gasteiger partial charge in [0.05, 0.1) is 0 Å². The van der Waals surface area contributed by atoms with E-state index in [2.05, 4.69) is 71.9 Å². The number of Topliss-reactive ketones (excluding diaryl/α,β-unsaturated/α-hetero) is 1. The Morgan fingerprint density at radius 3 is 1.26 bits per heavy atom. The molecule has 0 unspecified atom stereocenters. The summed E-state index contributed by atoms with van der Waals surface area (Å²) >= 11 is 0. The highest BCUT2D eigenvalue weighted by atomic mass is 16.1. The third kappa shape index (κ3) is 18.8. The minimum absolute atomic E-state index is 0.161. The van der Waals surface area contributed by atoms with Crippen molar-refractivity contribution in [1.82, 2.24) is 0 Å². The minimum Gasteiger partial charge on any atom is -0.299 e. The van der Waals surface area contributed by atoms with Crippen LogP contribution in [0.1, 0.15) is 120 Å². The second kappa shape index (κ2) is 18.0. The number of hydrogen-bond donors (Lipinski definition) is 0. The van der Waals surface area contributed by atoms with Crippen molar-refractivity contribution >= 4 is 5.78 Å². The molecule has 0 spiro atoms. The molecule has 0 aromatic rings. The predicted octanol–water partition coefficient (Wildman–Crippen LogP) is 9.86. The molecule has 1 heteroatoms. The van der Waals surface area contributed by atoms with Gasteiger partial charge in [0, 0.05) is 12.3 Å². The van der Waals surface area contributed by atoms with E-state index < -0.39 is 0 Å². The molecule has 0 rings (SSSR count). The van der Waals surface area contributed by atoms with Crippen molar-refractivity contribution < 1.29 is 4.79 Å². The summed E-state index contributed by atoms with van der Waals surface area (Å²) in [6.07, 6.45) is 22.6. The van der Waals surface area contributed by atoms with Gasteiger partial charge < -0.3 is 0 Å². The van der Waals surface area contributed by atoms with Crippen molar-refractivity contribution in [3.8, 4) is 0 Å². The standard InChI is InChI=1S/C30H50O/c1-24(2)14-11-17-26(5)15-9-10-16-27(6)18-12-19-28(7)20-13-21-29(8)22-23-30(31)25(3)4/h14-16,19,21,25H,9-13,17-18,20,22-23H2,1-8H3/b26-15-,27-16+,28-19+,29-21+. The van der Waals surface area contributed by atoms with E-state index in [9.17, 15) is 4.79 Å². The van der Waals surface area contributed by atoms with Crippen LogP contribution in [0.25, 0.3) is 0 Å². The highest BCUT2D eigenvalue weighted by Crippen LogP contribution is 2.15. The number of allylic oxidation sites excluding steroid dienone is 10. The van der Waals surface area contributed by atoms with Crippen molar-refractivity contribution in [2.45, 2.75) is 120 Å². The van der Waals surface area contributed by atoms with E-state index in [4.69, 9.17) is 0 Å². The lowest BCUT2D eigenvalue weighted by Gasteiger charge is -2.05. The number of hydrogen-bond acceptors (Lipinski definition) is 1. The Labute approximate surface area is 194 Å². The Kier molecular flexibility index (Phi) is 17.0. The molecular formula is C30H50O. The predicted molar refractivity (Wildman–Crippen MR) is 140 cm³/mol. The maximum atomic E-state index is 11.7. The lowest BCUT2D eigenvalue weighted by Crippen LogP contribution is -2.06. The summed E-state index contributed by atoms with van der Waals surface area (Å²) in [6.45, 7) is 17.2. The molecule has 0 radical (unpaired) electrons. The molecule has 0 saturated carbocycles. The second-order valence-electron chi connectivity index (χ2n) is 9.80. The normalized spacial score (nSPS) is 13.7. The fourth-order valence-corrected chi connectivity index (χ4v) is 3.36. The van der Waals surface area contributed by atoms with Gasteiger partial charge in [0.2, 0.25) is 0 Å². The molecule has 1 nitrogen and oxygen atoms in total. The van der Waals surface area contributed by atoms with Crippen LogP contribution in [0.5, 0.6) is 0 Å². The van der Waals surface area contributed by atoms with Crippen molar-refractivity contribution in [2.75, 3.05) is 0 Å². The van der Waals surface area contributed by atoms with E-state index in [0.29, 0.717) is 12.2 Å². The van der Waals surface area contributed by atoms with Crippen LogP contribution in [-0.4, -0.2) is 5.78 Å². The van der Waals surface area contributed by atoms with Crippen molar-refractivity contribution in [2.24, 2.45) is 5.92 Å². The Balaban J connectivity index is 4.08. The van der Waals surface area contributed by atoms with Gasteiger partial charge in [0.25, 0.3) is 0 Å². The van der Waals surface area contributed by atoms with E-state index in [1.165, 1.54) is 40.7 Å².